The number of rotatable bonds is 0. The highest BCUT2D eigenvalue weighted by Crippen LogP contribution is 2.31. The lowest BCUT2D eigenvalue weighted by atomic mass is 9.88. The Morgan fingerprint density at radius 1 is 1.08 bits per heavy atom. The van der Waals surface area contributed by atoms with Gasteiger partial charge in [-0.15, -0.1) is 0 Å². The molecule has 2 aliphatic carbocycles. The third kappa shape index (κ3) is 1.52. The third-order valence-electron chi connectivity index (χ3n) is 2.98. The summed E-state index contributed by atoms with van der Waals surface area (Å²) in [6.07, 6.45) is 16.4. The molecule has 0 aromatic rings. The Hall–Kier alpha value is -0.780. The summed E-state index contributed by atoms with van der Waals surface area (Å²) < 4.78 is 0. The molecule has 2 rings (SSSR count). The zero-order valence-electron chi connectivity index (χ0n) is 7.61. The molecule has 2 bridgehead atoms. The predicted molar refractivity (Wildman–Crippen MR) is 52.8 cm³/mol. The summed E-state index contributed by atoms with van der Waals surface area (Å²) in [7, 11) is 0. The first-order valence-corrected chi connectivity index (χ1v) is 4.88. The van der Waals surface area contributed by atoms with Crippen LogP contribution >= 0.6 is 0 Å². The lowest BCUT2D eigenvalue weighted by molar-refractivity contribution is 0.432. The van der Waals surface area contributed by atoms with E-state index < -0.39 is 0 Å². The quantitative estimate of drug-likeness (QED) is 0.477. The molecule has 0 heterocycles. The SMILES string of the molecule is CC1C=CCC2C=CC=CC1C2. The lowest BCUT2D eigenvalue weighted by Gasteiger charge is -2.17. The van der Waals surface area contributed by atoms with E-state index in [0.29, 0.717) is 0 Å². The second kappa shape index (κ2) is 3.30. The standard InChI is InChI=1S/C12H16/c1-10-5-4-7-11-6-2-3-8-12(10)9-11/h2-6,8,10-12H,7,9H2,1H3. The van der Waals surface area contributed by atoms with Gasteiger partial charge in [0, 0.05) is 0 Å². The smallest absolute Gasteiger partial charge is 0.0164 e. The Bertz CT molecular complexity index is 232. The van der Waals surface area contributed by atoms with Crippen molar-refractivity contribution in [3.05, 3.63) is 36.5 Å². The summed E-state index contributed by atoms with van der Waals surface area (Å²) in [4.78, 5) is 0. The van der Waals surface area contributed by atoms with Crippen LogP contribution in [0.2, 0.25) is 0 Å². The van der Waals surface area contributed by atoms with Gasteiger partial charge in [-0.05, 0) is 30.6 Å². The van der Waals surface area contributed by atoms with Gasteiger partial charge in [0.1, 0.15) is 0 Å². The summed E-state index contributed by atoms with van der Waals surface area (Å²) in [5.74, 6) is 2.28. The third-order valence-corrected chi connectivity index (χ3v) is 2.98. The Kier molecular flexibility index (Phi) is 2.16. The number of allylic oxidation sites excluding steroid dienone is 6. The summed E-state index contributed by atoms with van der Waals surface area (Å²) in [5, 5.41) is 0. The van der Waals surface area contributed by atoms with Gasteiger partial charge in [0.05, 0.1) is 0 Å². The molecule has 0 nitrogen and oxygen atoms in total. The second-order valence-electron chi connectivity index (χ2n) is 3.95. The highest BCUT2D eigenvalue weighted by Gasteiger charge is 2.19. The van der Waals surface area contributed by atoms with E-state index >= 15 is 0 Å². The lowest BCUT2D eigenvalue weighted by Crippen LogP contribution is -2.08. The van der Waals surface area contributed by atoms with E-state index in [1.807, 2.05) is 0 Å². The number of hydrogen-bond donors (Lipinski definition) is 0. The van der Waals surface area contributed by atoms with Crippen LogP contribution in [-0.4, -0.2) is 0 Å². The van der Waals surface area contributed by atoms with E-state index in [1.165, 1.54) is 12.8 Å². The number of fused-ring (bicyclic) bond motifs is 2. The molecule has 0 saturated carbocycles. The van der Waals surface area contributed by atoms with E-state index in [0.717, 1.165) is 17.8 Å². The maximum atomic E-state index is 2.37. The topological polar surface area (TPSA) is 0 Å². The van der Waals surface area contributed by atoms with Crippen LogP contribution in [0, 0.1) is 17.8 Å². The second-order valence-corrected chi connectivity index (χ2v) is 3.95. The molecular weight excluding hydrogens is 144 g/mol. The van der Waals surface area contributed by atoms with E-state index in [4.69, 9.17) is 0 Å². The van der Waals surface area contributed by atoms with Crippen LogP contribution in [0.4, 0.5) is 0 Å². The summed E-state index contributed by atoms with van der Waals surface area (Å²) >= 11 is 0. The minimum atomic E-state index is 0.728. The molecule has 3 unspecified atom stereocenters. The van der Waals surface area contributed by atoms with Crippen molar-refractivity contribution in [3.8, 4) is 0 Å². The Morgan fingerprint density at radius 2 is 1.92 bits per heavy atom. The van der Waals surface area contributed by atoms with Crippen molar-refractivity contribution in [1.29, 1.82) is 0 Å². The molecule has 0 aliphatic heterocycles. The zero-order valence-corrected chi connectivity index (χ0v) is 7.61. The van der Waals surface area contributed by atoms with Crippen LogP contribution in [0.3, 0.4) is 0 Å². The Labute approximate surface area is 74.7 Å². The van der Waals surface area contributed by atoms with Crippen molar-refractivity contribution < 1.29 is 0 Å². The van der Waals surface area contributed by atoms with Gasteiger partial charge in [-0.25, -0.2) is 0 Å². The van der Waals surface area contributed by atoms with E-state index in [9.17, 15) is 0 Å². The molecule has 3 atom stereocenters. The van der Waals surface area contributed by atoms with Crippen LogP contribution in [0.1, 0.15) is 19.8 Å². The Balaban J connectivity index is 2.23. The molecule has 0 N–H and O–H groups in total. The van der Waals surface area contributed by atoms with Crippen LogP contribution in [0.15, 0.2) is 36.5 Å². The normalized spacial score (nSPS) is 39.2. The van der Waals surface area contributed by atoms with Gasteiger partial charge in [-0.3, -0.25) is 0 Å². The average Bonchev–Trinajstić information content (AvgIpc) is 2.38. The molecule has 0 heteroatoms. The van der Waals surface area contributed by atoms with Crippen molar-refractivity contribution >= 4 is 0 Å². The van der Waals surface area contributed by atoms with Crippen LogP contribution < -0.4 is 0 Å². The monoisotopic (exact) mass is 160 g/mol. The van der Waals surface area contributed by atoms with E-state index in [-0.39, 0.29) is 0 Å². The van der Waals surface area contributed by atoms with Gasteiger partial charge in [0.15, 0.2) is 0 Å². The molecule has 64 valence electrons. The molecule has 0 fully saturated rings. The molecule has 2 aliphatic rings. The van der Waals surface area contributed by atoms with Gasteiger partial charge in [0.2, 0.25) is 0 Å². The zero-order chi connectivity index (χ0) is 8.39. The highest BCUT2D eigenvalue weighted by molar-refractivity contribution is 5.14. The summed E-state index contributed by atoms with van der Waals surface area (Å²) in [6.45, 7) is 2.32. The van der Waals surface area contributed by atoms with Gasteiger partial charge < -0.3 is 0 Å². The minimum absolute atomic E-state index is 0.728. The van der Waals surface area contributed by atoms with Crippen molar-refractivity contribution in [2.45, 2.75) is 19.8 Å². The predicted octanol–water partition coefficient (Wildman–Crippen LogP) is 3.33. The average molecular weight is 160 g/mol. The maximum Gasteiger partial charge on any atom is -0.0164 e. The summed E-state index contributed by atoms with van der Waals surface area (Å²) in [6, 6.07) is 0. The van der Waals surface area contributed by atoms with Gasteiger partial charge in [0.25, 0.3) is 0 Å². The Morgan fingerprint density at radius 3 is 2.83 bits per heavy atom. The van der Waals surface area contributed by atoms with Crippen LogP contribution in [-0.2, 0) is 0 Å². The number of hydrogen-bond acceptors (Lipinski definition) is 0. The van der Waals surface area contributed by atoms with E-state index in [1.54, 1.807) is 0 Å². The maximum absolute atomic E-state index is 2.37. The first-order valence-electron chi connectivity index (χ1n) is 4.88. The molecule has 0 spiro atoms. The van der Waals surface area contributed by atoms with Crippen molar-refractivity contribution in [2.24, 2.45) is 17.8 Å². The van der Waals surface area contributed by atoms with Gasteiger partial charge >= 0.3 is 0 Å². The van der Waals surface area contributed by atoms with Crippen LogP contribution in [0.25, 0.3) is 0 Å². The van der Waals surface area contributed by atoms with Gasteiger partial charge in [-0.2, -0.15) is 0 Å². The molecule has 0 amide bonds. The van der Waals surface area contributed by atoms with Crippen LogP contribution in [0.5, 0.6) is 0 Å². The molecule has 0 aromatic heterocycles. The van der Waals surface area contributed by atoms with Gasteiger partial charge in [-0.1, -0.05) is 43.4 Å². The largest absolute Gasteiger partial charge is 0.0877 e. The van der Waals surface area contributed by atoms with Crippen molar-refractivity contribution in [2.75, 3.05) is 0 Å². The fourth-order valence-corrected chi connectivity index (χ4v) is 2.11. The minimum Gasteiger partial charge on any atom is -0.0877 e. The van der Waals surface area contributed by atoms with E-state index in [2.05, 4.69) is 43.4 Å². The molecule has 0 saturated heterocycles. The van der Waals surface area contributed by atoms with Crippen molar-refractivity contribution in [1.82, 2.24) is 0 Å². The molecule has 0 aromatic carbocycles. The first-order chi connectivity index (χ1) is 5.86. The first kappa shape index (κ1) is 7.85. The fraction of sp³-hybridized carbons (Fsp3) is 0.500. The highest BCUT2D eigenvalue weighted by atomic mass is 14.2. The fourth-order valence-electron chi connectivity index (χ4n) is 2.11. The molecular formula is C12H16. The molecule has 0 radical (unpaired) electrons. The molecule has 12 heavy (non-hydrogen) atoms. The van der Waals surface area contributed by atoms with Crippen molar-refractivity contribution in [3.63, 3.8) is 0 Å². The summed E-state index contributed by atoms with van der Waals surface area (Å²) in [5.41, 5.74) is 0.